The molecule has 0 fully saturated rings. The molecule has 1 aromatic heterocycles. The van der Waals surface area contributed by atoms with Gasteiger partial charge < -0.3 is 20.7 Å². The molecular formula is C14H25N5O. The van der Waals surface area contributed by atoms with Crippen LogP contribution in [0, 0.1) is 5.92 Å². The van der Waals surface area contributed by atoms with Gasteiger partial charge in [-0.2, -0.15) is 0 Å². The molecule has 0 saturated carbocycles. The van der Waals surface area contributed by atoms with Crippen LogP contribution in [0.25, 0.3) is 0 Å². The first-order valence-corrected chi connectivity index (χ1v) is 6.77. The fourth-order valence-electron chi connectivity index (χ4n) is 1.86. The topological polar surface area (TPSA) is 78.0 Å². The van der Waals surface area contributed by atoms with Crippen molar-refractivity contribution >= 4 is 11.5 Å². The number of amidine groups is 1. The minimum atomic E-state index is 0.0280. The lowest BCUT2D eigenvalue weighted by molar-refractivity contribution is 0.318. The van der Waals surface area contributed by atoms with Crippen LogP contribution in [0.5, 0.6) is 0 Å². The number of rotatable bonds is 7. The molecule has 0 unspecified atom stereocenters. The van der Waals surface area contributed by atoms with Gasteiger partial charge in [0.05, 0.1) is 11.9 Å². The van der Waals surface area contributed by atoms with E-state index in [0.717, 1.165) is 25.3 Å². The number of oxime groups is 1. The Hall–Kier alpha value is -1.82. The monoisotopic (exact) mass is 279 g/mol. The van der Waals surface area contributed by atoms with Crippen LogP contribution >= 0.6 is 0 Å². The van der Waals surface area contributed by atoms with E-state index in [9.17, 15) is 0 Å². The van der Waals surface area contributed by atoms with Crippen LogP contribution in [-0.2, 0) is 0 Å². The molecule has 112 valence electrons. The molecule has 0 amide bonds. The number of anilines is 1. The van der Waals surface area contributed by atoms with E-state index in [0.29, 0.717) is 11.6 Å². The molecule has 0 atom stereocenters. The average Bonchev–Trinajstić information content (AvgIpc) is 2.42. The second kappa shape index (κ2) is 7.69. The van der Waals surface area contributed by atoms with Crippen LogP contribution < -0.4 is 10.6 Å². The number of likely N-dealkylation sites (N-methyl/N-ethyl adjacent to an activating group) is 1. The number of hydrogen-bond acceptors (Lipinski definition) is 5. The number of nitrogens with two attached hydrogens (primary N) is 1. The molecule has 0 aliphatic carbocycles. The number of hydrogen-bond donors (Lipinski definition) is 2. The van der Waals surface area contributed by atoms with E-state index in [1.165, 1.54) is 0 Å². The van der Waals surface area contributed by atoms with Crippen LogP contribution in [0.1, 0.15) is 19.5 Å². The van der Waals surface area contributed by atoms with Gasteiger partial charge >= 0.3 is 0 Å². The molecule has 6 heteroatoms. The summed E-state index contributed by atoms with van der Waals surface area (Å²) in [6.07, 6.45) is 1.77. The first-order chi connectivity index (χ1) is 9.43. The second-order valence-corrected chi connectivity index (χ2v) is 5.53. The van der Waals surface area contributed by atoms with Crippen LogP contribution in [0.3, 0.4) is 0 Å². The van der Waals surface area contributed by atoms with E-state index < -0.39 is 0 Å². The average molecular weight is 279 g/mol. The Labute approximate surface area is 120 Å². The SMILES string of the molecule is CC(C)CN(CCN(C)C)c1ccc(/C(N)=N/O)nc1. The van der Waals surface area contributed by atoms with Crippen molar-refractivity contribution in [3.63, 3.8) is 0 Å². The zero-order valence-electron chi connectivity index (χ0n) is 12.7. The highest BCUT2D eigenvalue weighted by atomic mass is 16.4. The molecule has 1 rings (SSSR count). The van der Waals surface area contributed by atoms with Crippen molar-refractivity contribution in [2.45, 2.75) is 13.8 Å². The predicted molar refractivity (Wildman–Crippen MR) is 82.4 cm³/mol. The number of pyridine rings is 1. The quantitative estimate of drug-likeness (QED) is 0.339. The predicted octanol–water partition coefficient (Wildman–Crippen LogP) is 1.20. The number of nitrogens with zero attached hydrogens (tertiary/aromatic N) is 4. The Bertz CT molecular complexity index is 428. The minimum absolute atomic E-state index is 0.0280. The second-order valence-electron chi connectivity index (χ2n) is 5.53. The molecule has 0 bridgehead atoms. The van der Waals surface area contributed by atoms with Crippen molar-refractivity contribution in [2.24, 2.45) is 16.8 Å². The molecule has 0 saturated heterocycles. The first-order valence-electron chi connectivity index (χ1n) is 6.77. The van der Waals surface area contributed by atoms with Crippen molar-refractivity contribution in [3.05, 3.63) is 24.0 Å². The lowest BCUT2D eigenvalue weighted by Crippen LogP contribution is -2.34. The van der Waals surface area contributed by atoms with Crippen LogP contribution in [-0.4, -0.2) is 54.7 Å². The molecule has 0 aromatic carbocycles. The summed E-state index contributed by atoms with van der Waals surface area (Å²) in [6, 6.07) is 3.73. The van der Waals surface area contributed by atoms with Gasteiger partial charge in [0.2, 0.25) is 0 Å². The summed E-state index contributed by atoms with van der Waals surface area (Å²) in [6.45, 7) is 7.28. The summed E-state index contributed by atoms with van der Waals surface area (Å²) in [7, 11) is 4.13. The summed E-state index contributed by atoms with van der Waals surface area (Å²) in [5.74, 6) is 0.598. The van der Waals surface area contributed by atoms with Gasteiger partial charge in [0.1, 0.15) is 5.69 Å². The van der Waals surface area contributed by atoms with Gasteiger partial charge in [0.25, 0.3) is 0 Å². The maximum atomic E-state index is 8.64. The Balaban J connectivity index is 2.84. The van der Waals surface area contributed by atoms with E-state index in [1.54, 1.807) is 12.3 Å². The first kappa shape index (κ1) is 16.2. The fraction of sp³-hybridized carbons (Fsp3) is 0.571. The molecule has 20 heavy (non-hydrogen) atoms. The summed E-state index contributed by atoms with van der Waals surface area (Å²) in [5, 5.41) is 11.6. The van der Waals surface area contributed by atoms with Crippen LogP contribution in [0.15, 0.2) is 23.5 Å². The smallest absolute Gasteiger partial charge is 0.188 e. The molecule has 6 nitrogen and oxygen atoms in total. The highest BCUT2D eigenvalue weighted by Gasteiger charge is 2.10. The highest BCUT2D eigenvalue weighted by Crippen LogP contribution is 2.15. The molecule has 3 N–H and O–H groups in total. The van der Waals surface area contributed by atoms with E-state index in [4.69, 9.17) is 10.9 Å². The molecule has 1 heterocycles. The molecule has 0 aliphatic heterocycles. The third-order valence-corrected chi connectivity index (χ3v) is 2.89. The molecule has 0 radical (unpaired) electrons. The van der Waals surface area contributed by atoms with Crippen molar-refractivity contribution in [3.8, 4) is 0 Å². The number of aromatic nitrogens is 1. The molecular weight excluding hydrogens is 254 g/mol. The Morgan fingerprint density at radius 1 is 1.35 bits per heavy atom. The Morgan fingerprint density at radius 3 is 2.50 bits per heavy atom. The summed E-state index contributed by atoms with van der Waals surface area (Å²) < 4.78 is 0. The zero-order chi connectivity index (χ0) is 15.1. The van der Waals surface area contributed by atoms with Gasteiger partial charge in [0.15, 0.2) is 5.84 Å². The van der Waals surface area contributed by atoms with Gasteiger partial charge in [-0.25, -0.2) is 0 Å². The van der Waals surface area contributed by atoms with Crippen molar-refractivity contribution in [1.82, 2.24) is 9.88 Å². The third kappa shape index (κ3) is 5.05. The lowest BCUT2D eigenvalue weighted by atomic mass is 10.2. The Kier molecular flexibility index (Phi) is 6.24. The van der Waals surface area contributed by atoms with Gasteiger partial charge in [-0.05, 0) is 32.1 Å². The molecule has 0 aliphatic rings. The zero-order valence-corrected chi connectivity index (χ0v) is 12.7. The highest BCUT2D eigenvalue weighted by molar-refractivity contribution is 5.95. The van der Waals surface area contributed by atoms with Crippen LogP contribution in [0.2, 0.25) is 0 Å². The van der Waals surface area contributed by atoms with Gasteiger partial charge in [-0.1, -0.05) is 19.0 Å². The fourth-order valence-corrected chi connectivity index (χ4v) is 1.86. The van der Waals surface area contributed by atoms with Crippen LogP contribution in [0.4, 0.5) is 5.69 Å². The van der Waals surface area contributed by atoms with Crippen molar-refractivity contribution < 1.29 is 5.21 Å². The van der Waals surface area contributed by atoms with E-state index in [1.807, 2.05) is 6.07 Å². The summed E-state index contributed by atoms with van der Waals surface area (Å²) in [4.78, 5) is 8.69. The summed E-state index contributed by atoms with van der Waals surface area (Å²) >= 11 is 0. The van der Waals surface area contributed by atoms with Gasteiger partial charge in [0, 0.05) is 19.6 Å². The van der Waals surface area contributed by atoms with E-state index >= 15 is 0 Å². The lowest BCUT2D eigenvalue weighted by Gasteiger charge is -2.27. The van der Waals surface area contributed by atoms with Crippen molar-refractivity contribution in [2.75, 3.05) is 38.6 Å². The van der Waals surface area contributed by atoms with Crippen molar-refractivity contribution in [1.29, 1.82) is 0 Å². The van der Waals surface area contributed by atoms with Gasteiger partial charge in [-0.15, -0.1) is 0 Å². The Morgan fingerprint density at radius 2 is 2.05 bits per heavy atom. The third-order valence-electron chi connectivity index (χ3n) is 2.89. The normalized spacial score (nSPS) is 12.2. The largest absolute Gasteiger partial charge is 0.409 e. The van der Waals surface area contributed by atoms with Gasteiger partial charge in [-0.3, -0.25) is 4.98 Å². The van der Waals surface area contributed by atoms with E-state index in [2.05, 4.69) is 47.9 Å². The maximum absolute atomic E-state index is 8.64. The molecule has 0 spiro atoms. The minimum Gasteiger partial charge on any atom is -0.409 e. The maximum Gasteiger partial charge on any atom is 0.188 e. The summed E-state index contributed by atoms with van der Waals surface area (Å²) in [5.41, 5.74) is 7.05. The standard InChI is InChI=1S/C14H25N5O/c1-11(2)10-19(8-7-18(3)4)12-5-6-13(16-9-12)14(15)17-20/h5-6,9,11,20H,7-8,10H2,1-4H3,(H2,15,17). The van der Waals surface area contributed by atoms with E-state index in [-0.39, 0.29) is 5.84 Å². The molecule has 1 aromatic rings.